The minimum absolute atomic E-state index is 0.137. The summed E-state index contributed by atoms with van der Waals surface area (Å²) in [5, 5.41) is 8.93. The molecule has 1 heterocycles. The molecule has 1 saturated heterocycles. The number of aliphatic carboxylic acids is 1. The van der Waals surface area contributed by atoms with Crippen molar-refractivity contribution in [3.8, 4) is 0 Å². The Bertz CT molecular complexity index is 400. The van der Waals surface area contributed by atoms with Crippen LogP contribution in [0.4, 0.5) is 0 Å². The average molecular weight is 345 g/mol. The van der Waals surface area contributed by atoms with Gasteiger partial charge in [0.05, 0.1) is 5.92 Å². The van der Waals surface area contributed by atoms with Crippen LogP contribution in [0.1, 0.15) is 18.4 Å². The third-order valence-electron chi connectivity index (χ3n) is 3.23. The highest BCUT2D eigenvalue weighted by Gasteiger charge is 2.24. The fourth-order valence-electron chi connectivity index (χ4n) is 2.23. The van der Waals surface area contributed by atoms with Gasteiger partial charge in [0.15, 0.2) is 0 Å². The van der Waals surface area contributed by atoms with Crippen LogP contribution in [-0.2, 0) is 11.3 Å². The van der Waals surface area contributed by atoms with Crippen LogP contribution >= 0.6 is 22.6 Å². The van der Waals surface area contributed by atoms with Gasteiger partial charge in [0.25, 0.3) is 0 Å². The Labute approximate surface area is 115 Å². The number of hydrogen-bond acceptors (Lipinski definition) is 2. The maximum atomic E-state index is 10.8. The summed E-state index contributed by atoms with van der Waals surface area (Å²) >= 11 is 2.32. The first-order valence-electron chi connectivity index (χ1n) is 5.85. The highest BCUT2D eigenvalue weighted by atomic mass is 127. The topological polar surface area (TPSA) is 40.5 Å². The zero-order valence-corrected chi connectivity index (χ0v) is 11.8. The van der Waals surface area contributed by atoms with E-state index in [0.29, 0.717) is 0 Å². The molecule has 1 aromatic carbocycles. The zero-order valence-electron chi connectivity index (χ0n) is 9.60. The highest BCUT2D eigenvalue weighted by Crippen LogP contribution is 2.19. The Hall–Kier alpha value is -0.620. The van der Waals surface area contributed by atoms with E-state index in [1.165, 1.54) is 9.13 Å². The van der Waals surface area contributed by atoms with Crippen molar-refractivity contribution in [1.29, 1.82) is 0 Å². The van der Waals surface area contributed by atoms with Crippen molar-refractivity contribution < 1.29 is 9.90 Å². The van der Waals surface area contributed by atoms with Gasteiger partial charge >= 0.3 is 5.97 Å². The largest absolute Gasteiger partial charge is 0.481 e. The number of piperidine rings is 1. The number of rotatable bonds is 3. The average Bonchev–Trinajstić information content (AvgIpc) is 2.29. The second-order valence-corrected chi connectivity index (χ2v) is 5.76. The summed E-state index contributed by atoms with van der Waals surface area (Å²) in [6.45, 7) is 2.72. The van der Waals surface area contributed by atoms with Crippen LogP contribution in [0.25, 0.3) is 0 Å². The molecule has 0 amide bonds. The maximum absolute atomic E-state index is 10.8. The number of carboxylic acid groups (broad SMARTS) is 1. The first-order chi connectivity index (χ1) is 8.15. The molecule has 0 aromatic heterocycles. The predicted molar refractivity (Wildman–Crippen MR) is 74.8 cm³/mol. The number of benzene rings is 1. The summed E-state index contributed by atoms with van der Waals surface area (Å²) in [4.78, 5) is 13.2. The van der Waals surface area contributed by atoms with Gasteiger partial charge in [0.2, 0.25) is 0 Å². The molecule has 3 nitrogen and oxygen atoms in total. The monoisotopic (exact) mass is 345 g/mol. The van der Waals surface area contributed by atoms with Gasteiger partial charge in [0, 0.05) is 10.1 Å². The summed E-state index contributed by atoms with van der Waals surface area (Å²) in [7, 11) is 0. The fraction of sp³-hybridized carbons (Fsp3) is 0.462. The second-order valence-electron chi connectivity index (χ2n) is 4.52. The summed E-state index contributed by atoms with van der Waals surface area (Å²) in [6, 6.07) is 8.47. The molecule has 0 unspecified atom stereocenters. The number of carboxylic acids is 1. The van der Waals surface area contributed by atoms with Gasteiger partial charge in [-0.15, -0.1) is 0 Å². The van der Waals surface area contributed by atoms with Crippen molar-refractivity contribution in [2.24, 2.45) is 5.92 Å². The molecule has 0 spiro atoms. The highest BCUT2D eigenvalue weighted by molar-refractivity contribution is 14.1. The van der Waals surface area contributed by atoms with E-state index in [1.54, 1.807) is 0 Å². The summed E-state index contributed by atoms with van der Waals surface area (Å²) in [5.74, 6) is -0.777. The molecule has 4 heteroatoms. The smallest absolute Gasteiger partial charge is 0.306 e. The van der Waals surface area contributed by atoms with Gasteiger partial charge in [-0.2, -0.15) is 0 Å². The first-order valence-corrected chi connectivity index (χ1v) is 6.92. The molecule has 0 atom stereocenters. The molecule has 0 saturated carbocycles. The van der Waals surface area contributed by atoms with Gasteiger partial charge in [-0.05, 0) is 66.2 Å². The summed E-state index contributed by atoms with van der Waals surface area (Å²) < 4.78 is 1.25. The molecular weight excluding hydrogens is 329 g/mol. The second kappa shape index (κ2) is 5.82. The van der Waals surface area contributed by atoms with E-state index in [2.05, 4.69) is 51.8 Å². The summed E-state index contributed by atoms with van der Waals surface area (Å²) in [6.07, 6.45) is 1.55. The van der Waals surface area contributed by atoms with E-state index >= 15 is 0 Å². The molecule has 0 aliphatic carbocycles. The SMILES string of the molecule is O=C(O)C1CCN(Cc2cccc(I)c2)CC1. The Balaban J connectivity index is 1.88. The van der Waals surface area contributed by atoms with Crippen LogP contribution in [0.3, 0.4) is 0 Å². The van der Waals surface area contributed by atoms with Crippen LogP contribution < -0.4 is 0 Å². The van der Waals surface area contributed by atoms with Crippen LogP contribution in [-0.4, -0.2) is 29.1 Å². The van der Waals surface area contributed by atoms with E-state index in [4.69, 9.17) is 5.11 Å². The molecule has 1 aromatic rings. The van der Waals surface area contributed by atoms with Gasteiger partial charge in [-0.25, -0.2) is 0 Å². The molecule has 0 radical (unpaired) electrons. The molecule has 1 aliphatic heterocycles. The van der Waals surface area contributed by atoms with Crippen molar-refractivity contribution >= 4 is 28.6 Å². The standard InChI is InChI=1S/C13H16INO2/c14-12-3-1-2-10(8-12)9-15-6-4-11(5-7-15)13(16)17/h1-3,8,11H,4-7,9H2,(H,16,17). The lowest BCUT2D eigenvalue weighted by Crippen LogP contribution is -2.35. The lowest BCUT2D eigenvalue weighted by atomic mass is 9.97. The number of carbonyl (C=O) groups is 1. The fourth-order valence-corrected chi connectivity index (χ4v) is 2.84. The molecule has 1 N–H and O–H groups in total. The van der Waals surface area contributed by atoms with Crippen molar-refractivity contribution in [3.05, 3.63) is 33.4 Å². The maximum Gasteiger partial charge on any atom is 0.306 e. The normalized spacial score (nSPS) is 18.2. The third kappa shape index (κ3) is 3.67. The molecule has 2 rings (SSSR count). The Morgan fingerprint density at radius 3 is 2.71 bits per heavy atom. The van der Waals surface area contributed by atoms with Crippen LogP contribution in [0, 0.1) is 9.49 Å². The van der Waals surface area contributed by atoms with Crippen molar-refractivity contribution in [1.82, 2.24) is 4.90 Å². The van der Waals surface area contributed by atoms with E-state index < -0.39 is 5.97 Å². The van der Waals surface area contributed by atoms with Crippen LogP contribution in [0.5, 0.6) is 0 Å². The molecule has 92 valence electrons. The first kappa shape index (κ1) is 12.8. The minimum atomic E-state index is -0.640. The molecule has 1 fully saturated rings. The van der Waals surface area contributed by atoms with E-state index in [9.17, 15) is 4.79 Å². The van der Waals surface area contributed by atoms with E-state index in [-0.39, 0.29) is 5.92 Å². The number of likely N-dealkylation sites (tertiary alicyclic amines) is 1. The van der Waals surface area contributed by atoms with Gasteiger partial charge in [0.1, 0.15) is 0 Å². The lowest BCUT2D eigenvalue weighted by molar-refractivity contribution is -0.143. The van der Waals surface area contributed by atoms with Crippen LogP contribution in [0.2, 0.25) is 0 Å². The van der Waals surface area contributed by atoms with Crippen molar-refractivity contribution in [3.63, 3.8) is 0 Å². The zero-order chi connectivity index (χ0) is 12.3. The Kier molecular flexibility index (Phi) is 4.39. The van der Waals surface area contributed by atoms with E-state index in [0.717, 1.165) is 32.5 Å². The molecule has 17 heavy (non-hydrogen) atoms. The number of nitrogens with zero attached hydrogens (tertiary/aromatic N) is 1. The third-order valence-corrected chi connectivity index (χ3v) is 3.90. The lowest BCUT2D eigenvalue weighted by Gasteiger charge is -2.30. The van der Waals surface area contributed by atoms with Gasteiger partial charge in [-0.1, -0.05) is 12.1 Å². The molecule has 0 bridgehead atoms. The van der Waals surface area contributed by atoms with Gasteiger partial charge in [-0.3, -0.25) is 9.69 Å². The minimum Gasteiger partial charge on any atom is -0.481 e. The van der Waals surface area contributed by atoms with E-state index in [1.807, 2.05) is 0 Å². The molecular formula is C13H16INO2. The van der Waals surface area contributed by atoms with Crippen molar-refractivity contribution in [2.45, 2.75) is 19.4 Å². The van der Waals surface area contributed by atoms with Crippen molar-refractivity contribution in [2.75, 3.05) is 13.1 Å². The quantitative estimate of drug-likeness (QED) is 0.857. The Morgan fingerprint density at radius 2 is 2.12 bits per heavy atom. The molecule has 1 aliphatic rings. The predicted octanol–water partition coefficient (Wildman–Crippen LogP) is 2.59. The van der Waals surface area contributed by atoms with Gasteiger partial charge < -0.3 is 5.11 Å². The Morgan fingerprint density at radius 1 is 1.41 bits per heavy atom. The number of hydrogen-bond donors (Lipinski definition) is 1. The van der Waals surface area contributed by atoms with Crippen LogP contribution in [0.15, 0.2) is 24.3 Å². The summed E-state index contributed by atoms with van der Waals surface area (Å²) in [5.41, 5.74) is 1.31. The number of halogens is 1.